The zero-order valence-electron chi connectivity index (χ0n) is 12.0. The third kappa shape index (κ3) is 3.83. The van der Waals surface area contributed by atoms with Gasteiger partial charge in [0, 0.05) is 37.9 Å². The van der Waals surface area contributed by atoms with Crippen LogP contribution in [0.25, 0.3) is 0 Å². The van der Waals surface area contributed by atoms with Crippen LogP contribution in [-0.2, 0) is 18.4 Å². The highest BCUT2D eigenvalue weighted by Gasteiger charge is 2.32. The van der Waals surface area contributed by atoms with Crippen LogP contribution in [0.2, 0.25) is 0 Å². The normalized spacial score (nSPS) is 18.2. The van der Waals surface area contributed by atoms with E-state index in [4.69, 9.17) is 0 Å². The Morgan fingerprint density at radius 3 is 2.68 bits per heavy atom. The summed E-state index contributed by atoms with van der Waals surface area (Å²) < 4.78 is 2.00. The number of carbonyl (C=O) groups is 1. The Morgan fingerprint density at radius 2 is 2.11 bits per heavy atom. The van der Waals surface area contributed by atoms with E-state index in [1.165, 1.54) is 19.3 Å². The Kier molecular flexibility index (Phi) is 4.64. The molecule has 19 heavy (non-hydrogen) atoms. The molecule has 1 saturated carbocycles. The van der Waals surface area contributed by atoms with Crippen LogP contribution in [0.1, 0.15) is 44.1 Å². The summed E-state index contributed by atoms with van der Waals surface area (Å²) in [5.41, 5.74) is 1.18. The van der Waals surface area contributed by atoms with E-state index in [9.17, 15) is 4.79 Å². The SMILES string of the molecule is CNC1(CC(=O)NCc2ccn(C)c2)CCCCC1. The highest BCUT2D eigenvalue weighted by molar-refractivity contribution is 5.77. The van der Waals surface area contributed by atoms with E-state index in [2.05, 4.69) is 10.6 Å². The Bertz CT molecular complexity index is 419. The standard InChI is InChI=1S/C15H25N3O/c1-16-15(7-4-3-5-8-15)10-14(19)17-11-13-6-9-18(2)12-13/h6,9,12,16H,3-5,7-8,10-11H2,1-2H3,(H,17,19). The highest BCUT2D eigenvalue weighted by atomic mass is 16.1. The number of amides is 1. The number of nitrogens with zero attached hydrogens (tertiary/aromatic N) is 1. The minimum atomic E-state index is 0.0268. The Labute approximate surface area is 115 Å². The molecular weight excluding hydrogens is 238 g/mol. The molecule has 1 fully saturated rings. The quantitative estimate of drug-likeness (QED) is 0.853. The van der Waals surface area contributed by atoms with Crippen molar-refractivity contribution in [1.82, 2.24) is 15.2 Å². The largest absolute Gasteiger partial charge is 0.357 e. The molecule has 106 valence electrons. The van der Waals surface area contributed by atoms with Crippen molar-refractivity contribution in [2.24, 2.45) is 7.05 Å². The molecular formula is C15H25N3O. The molecule has 1 heterocycles. The summed E-state index contributed by atoms with van der Waals surface area (Å²) in [5.74, 6) is 0.153. The van der Waals surface area contributed by atoms with E-state index in [1.54, 1.807) is 0 Å². The van der Waals surface area contributed by atoms with Crippen molar-refractivity contribution < 1.29 is 4.79 Å². The number of aryl methyl sites for hydroxylation is 1. The molecule has 1 aliphatic carbocycles. The third-order valence-corrected chi connectivity index (χ3v) is 4.22. The molecule has 1 aromatic heterocycles. The van der Waals surface area contributed by atoms with Crippen molar-refractivity contribution >= 4 is 5.91 Å². The van der Waals surface area contributed by atoms with Crippen molar-refractivity contribution in [1.29, 1.82) is 0 Å². The lowest BCUT2D eigenvalue weighted by Crippen LogP contribution is -2.48. The van der Waals surface area contributed by atoms with Gasteiger partial charge in [0.2, 0.25) is 5.91 Å². The minimum Gasteiger partial charge on any atom is -0.357 e. The van der Waals surface area contributed by atoms with Crippen molar-refractivity contribution in [2.75, 3.05) is 7.05 Å². The van der Waals surface area contributed by atoms with Gasteiger partial charge in [-0.05, 0) is 31.5 Å². The van der Waals surface area contributed by atoms with Crippen LogP contribution in [-0.4, -0.2) is 23.1 Å². The summed E-state index contributed by atoms with van der Waals surface area (Å²) in [6, 6.07) is 2.04. The Morgan fingerprint density at radius 1 is 1.37 bits per heavy atom. The second-order valence-corrected chi connectivity index (χ2v) is 5.73. The fraction of sp³-hybridized carbons (Fsp3) is 0.667. The third-order valence-electron chi connectivity index (χ3n) is 4.22. The van der Waals surface area contributed by atoms with Crippen LogP contribution in [0.5, 0.6) is 0 Å². The van der Waals surface area contributed by atoms with Gasteiger partial charge in [0.05, 0.1) is 0 Å². The van der Waals surface area contributed by atoms with Gasteiger partial charge in [0.25, 0.3) is 0 Å². The molecule has 1 amide bonds. The van der Waals surface area contributed by atoms with E-state index in [-0.39, 0.29) is 11.4 Å². The lowest BCUT2D eigenvalue weighted by Gasteiger charge is -2.36. The van der Waals surface area contributed by atoms with Crippen LogP contribution in [0, 0.1) is 0 Å². The molecule has 2 rings (SSSR count). The lowest BCUT2D eigenvalue weighted by atomic mass is 9.79. The molecule has 0 atom stereocenters. The van der Waals surface area contributed by atoms with Gasteiger partial charge >= 0.3 is 0 Å². The fourth-order valence-electron chi connectivity index (χ4n) is 2.98. The lowest BCUT2D eigenvalue weighted by molar-refractivity contribution is -0.123. The Balaban J connectivity index is 1.82. The molecule has 0 aromatic carbocycles. The van der Waals surface area contributed by atoms with Crippen molar-refractivity contribution in [3.63, 3.8) is 0 Å². The molecule has 1 aromatic rings. The predicted molar refractivity (Wildman–Crippen MR) is 76.8 cm³/mol. The summed E-state index contributed by atoms with van der Waals surface area (Å²) in [5, 5.41) is 6.41. The predicted octanol–water partition coefficient (Wildman–Crippen LogP) is 1.95. The summed E-state index contributed by atoms with van der Waals surface area (Å²) in [7, 11) is 3.97. The average Bonchev–Trinajstić information content (AvgIpc) is 2.83. The van der Waals surface area contributed by atoms with Gasteiger partial charge in [-0.15, -0.1) is 0 Å². The van der Waals surface area contributed by atoms with Crippen LogP contribution in [0.3, 0.4) is 0 Å². The first-order valence-electron chi connectivity index (χ1n) is 7.20. The number of aromatic nitrogens is 1. The fourth-order valence-corrected chi connectivity index (χ4v) is 2.98. The van der Waals surface area contributed by atoms with Crippen molar-refractivity contribution in [3.05, 3.63) is 24.0 Å². The summed E-state index contributed by atoms with van der Waals surface area (Å²) in [6.45, 7) is 0.624. The molecule has 4 nitrogen and oxygen atoms in total. The van der Waals surface area contributed by atoms with E-state index in [0.717, 1.165) is 18.4 Å². The van der Waals surface area contributed by atoms with E-state index >= 15 is 0 Å². The van der Waals surface area contributed by atoms with E-state index in [0.29, 0.717) is 13.0 Å². The van der Waals surface area contributed by atoms with Gasteiger partial charge in [-0.1, -0.05) is 19.3 Å². The molecule has 4 heteroatoms. The second-order valence-electron chi connectivity index (χ2n) is 5.73. The van der Waals surface area contributed by atoms with Gasteiger partial charge in [-0.25, -0.2) is 0 Å². The maximum atomic E-state index is 12.1. The first-order chi connectivity index (χ1) is 9.13. The first kappa shape index (κ1) is 14.1. The smallest absolute Gasteiger partial charge is 0.222 e. The topological polar surface area (TPSA) is 46.1 Å². The molecule has 2 N–H and O–H groups in total. The monoisotopic (exact) mass is 263 g/mol. The zero-order valence-corrected chi connectivity index (χ0v) is 12.0. The van der Waals surface area contributed by atoms with Crippen LogP contribution in [0.15, 0.2) is 18.5 Å². The van der Waals surface area contributed by atoms with Gasteiger partial charge in [-0.3, -0.25) is 4.79 Å². The highest BCUT2D eigenvalue weighted by Crippen LogP contribution is 2.30. The maximum Gasteiger partial charge on any atom is 0.222 e. The molecule has 0 radical (unpaired) electrons. The number of hydrogen-bond acceptors (Lipinski definition) is 2. The van der Waals surface area contributed by atoms with Crippen molar-refractivity contribution in [3.8, 4) is 0 Å². The number of rotatable bonds is 5. The maximum absolute atomic E-state index is 12.1. The molecule has 0 saturated heterocycles. The number of nitrogens with one attached hydrogen (secondary N) is 2. The number of carbonyl (C=O) groups excluding carboxylic acids is 1. The van der Waals surface area contributed by atoms with Crippen LogP contribution >= 0.6 is 0 Å². The first-order valence-corrected chi connectivity index (χ1v) is 7.20. The van der Waals surface area contributed by atoms with Gasteiger partial charge in [-0.2, -0.15) is 0 Å². The molecule has 0 bridgehead atoms. The Hall–Kier alpha value is -1.29. The molecule has 0 unspecified atom stereocenters. The van der Waals surface area contributed by atoms with Gasteiger partial charge in [0.15, 0.2) is 0 Å². The summed E-state index contributed by atoms with van der Waals surface area (Å²) >= 11 is 0. The average molecular weight is 263 g/mol. The van der Waals surface area contributed by atoms with Crippen molar-refractivity contribution in [2.45, 2.75) is 50.6 Å². The zero-order chi connectivity index (χ0) is 13.7. The minimum absolute atomic E-state index is 0.0268. The van der Waals surface area contributed by atoms with Crippen LogP contribution in [0.4, 0.5) is 0 Å². The molecule has 1 aliphatic rings. The van der Waals surface area contributed by atoms with E-state index < -0.39 is 0 Å². The number of hydrogen-bond donors (Lipinski definition) is 2. The summed E-state index contributed by atoms with van der Waals surface area (Å²) in [4.78, 5) is 12.1. The van der Waals surface area contributed by atoms with Gasteiger partial charge in [0.1, 0.15) is 0 Å². The van der Waals surface area contributed by atoms with Gasteiger partial charge < -0.3 is 15.2 Å². The molecule has 0 spiro atoms. The van der Waals surface area contributed by atoms with E-state index in [1.807, 2.05) is 37.1 Å². The summed E-state index contributed by atoms with van der Waals surface area (Å²) in [6.07, 6.45) is 10.6. The molecule has 0 aliphatic heterocycles. The second kappa shape index (κ2) is 6.24. The van der Waals surface area contributed by atoms with Crippen LogP contribution < -0.4 is 10.6 Å².